The van der Waals surface area contributed by atoms with Crippen LogP contribution < -0.4 is 14.8 Å². The third-order valence-corrected chi connectivity index (χ3v) is 3.60. The minimum Gasteiger partial charge on any atom is -0.493 e. The van der Waals surface area contributed by atoms with Gasteiger partial charge in [-0.3, -0.25) is 4.79 Å². The van der Waals surface area contributed by atoms with E-state index in [1.807, 2.05) is 44.2 Å². The Morgan fingerprint density at radius 1 is 1.05 bits per heavy atom. The van der Waals surface area contributed by atoms with Crippen molar-refractivity contribution in [1.82, 2.24) is 0 Å². The van der Waals surface area contributed by atoms with Crippen molar-refractivity contribution in [3.8, 4) is 11.5 Å². The van der Waals surface area contributed by atoms with Crippen LogP contribution in [0, 0.1) is 13.8 Å². The van der Waals surface area contributed by atoms with Gasteiger partial charge in [-0.15, -0.1) is 0 Å². The SMILES string of the molecule is COc1ccccc1O[C@@H](C)C(=O)Nc1cccc(C)c1C. The second-order valence-corrected chi connectivity index (χ2v) is 5.15. The lowest BCUT2D eigenvalue weighted by molar-refractivity contribution is -0.122. The Morgan fingerprint density at radius 2 is 1.73 bits per heavy atom. The Morgan fingerprint density at radius 3 is 2.41 bits per heavy atom. The highest BCUT2D eigenvalue weighted by Crippen LogP contribution is 2.27. The number of carbonyl (C=O) groups is 1. The molecule has 0 heterocycles. The number of rotatable bonds is 5. The number of methoxy groups -OCH3 is 1. The fraction of sp³-hybridized carbons (Fsp3) is 0.278. The lowest BCUT2D eigenvalue weighted by Gasteiger charge is -2.17. The zero-order chi connectivity index (χ0) is 16.1. The molecule has 0 saturated carbocycles. The van der Waals surface area contributed by atoms with Gasteiger partial charge in [-0.2, -0.15) is 0 Å². The summed E-state index contributed by atoms with van der Waals surface area (Å²) in [6.45, 7) is 5.71. The number of hydrogen-bond acceptors (Lipinski definition) is 3. The first kappa shape index (κ1) is 15.9. The van der Waals surface area contributed by atoms with E-state index in [2.05, 4.69) is 5.32 Å². The van der Waals surface area contributed by atoms with E-state index in [9.17, 15) is 4.79 Å². The predicted molar refractivity (Wildman–Crippen MR) is 87.6 cm³/mol. The zero-order valence-electron chi connectivity index (χ0n) is 13.3. The summed E-state index contributed by atoms with van der Waals surface area (Å²) in [5.74, 6) is 0.960. The summed E-state index contributed by atoms with van der Waals surface area (Å²) in [4.78, 5) is 12.3. The molecule has 0 spiro atoms. The minimum absolute atomic E-state index is 0.195. The Hall–Kier alpha value is -2.49. The fourth-order valence-electron chi connectivity index (χ4n) is 2.08. The first-order chi connectivity index (χ1) is 10.5. The molecular formula is C18H21NO3. The van der Waals surface area contributed by atoms with Gasteiger partial charge in [-0.1, -0.05) is 24.3 Å². The van der Waals surface area contributed by atoms with Gasteiger partial charge in [0.15, 0.2) is 17.6 Å². The standard InChI is InChI=1S/C18H21NO3/c1-12-8-7-9-15(13(12)2)19-18(20)14(3)22-17-11-6-5-10-16(17)21-4/h5-11,14H,1-4H3,(H,19,20)/t14-/m0/s1. The first-order valence-electron chi connectivity index (χ1n) is 7.19. The molecular weight excluding hydrogens is 278 g/mol. The minimum atomic E-state index is -0.629. The number of amides is 1. The van der Waals surface area contributed by atoms with Crippen LogP contribution >= 0.6 is 0 Å². The molecule has 0 aliphatic carbocycles. The molecule has 4 nitrogen and oxygen atoms in total. The van der Waals surface area contributed by atoms with Crippen LogP contribution in [-0.4, -0.2) is 19.1 Å². The normalized spacial score (nSPS) is 11.6. The van der Waals surface area contributed by atoms with Gasteiger partial charge in [-0.05, 0) is 50.1 Å². The topological polar surface area (TPSA) is 47.6 Å². The molecule has 0 bridgehead atoms. The maximum atomic E-state index is 12.3. The smallest absolute Gasteiger partial charge is 0.265 e. The van der Waals surface area contributed by atoms with E-state index < -0.39 is 6.10 Å². The lowest BCUT2D eigenvalue weighted by atomic mass is 10.1. The molecule has 1 atom stereocenters. The highest BCUT2D eigenvalue weighted by molar-refractivity contribution is 5.94. The molecule has 2 aromatic carbocycles. The Labute approximate surface area is 131 Å². The second-order valence-electron chi connectivity index (χ2n) is 5.15. The molecule has 1 amide bonds. The molecule has 2 rings (SSSR count). The van der Waals surface area contributed by atoms with E-state index in [4.69, 9.17) is 9.47 Å². The van der Waals surface area contributed by atoms with E-state index in [0.717, 1.165) is 16.8 Å². The van der Waals surface area contributed by atoms with Crippen LogP contribution in [0.1, 0.15) is 18.1 Å². The van der Waals surface area contributed by atoms with E-state index in [0.29, 0.717) is 11.5 Å². The molecule has 0 aliphatic heterocycles. The lowest BCUT2D eigenvalue weighted by Crippen LogP contribution is -2.30. The molecule has 22 heavy (non-hydrogen) atoms. The van der Waals surface area contributed by atoms with Crippen LogP contribution in [0.4, 0.5) is 5.69 Å². The molecule has 0 unspecified atom stereocenters. The molecule has 0 radical (unpaired) electrons. The van der Waals surface area contributed by atoms with Gasteiger partial charge >= 0.3 is 0 Å². The fourth-order valence-corrected chi connectivity index (χ4v) is 2.08. The molecule has 0 aliphatic rings. The Kier molecular flexibility index (Phi) is 5.04. The van der Waals surface area contributed by atoms with E-state index in [-0.39, 0.29) is 5.91 Å². The van der Waals surface area contributed by atoms with Crippen LogP contribution in [0.15, 0.2) is 42.5 Å². The van der Waals surface area contributed by atoms with Crippen molar-refractivity contribution in [1.29, 1.82) is 0 Å². The number of nitrogens with one attached hydrogen (secondary N) is 1. The largest absolute Gasteiger partial charge is 0.493 e. The number of ether oxygens (including phenoxy) is 2. The van der Waals surface area contributed by atoms with Gasteiger partial charge in [-0.25, -0.2) is 0 Å². The summed E-state index contributed by atoms with van der Waals surface area (Å²) in [7, 11) is 1.57. The van der Waals surface area contributed by atoms with E-state index in [1.54, 1.807) is 26.2 Å². The monoisotopic (exact) mass is 299 g/mol. The summed E-state index contributed by atoms with van der Waals surface area (Å²) in [6.07, 6.45) is -0.629. The van der Waals surface area contributed by atoms with Crippen molar-refractivity contribution >= 4 is 11.6 Å². The van der Waals surface area contributed by atoms with E-state index in [1.165, 1.54) is 0 Å². The van der Waals surface area contributed by atoms with Gasteiger partial charge < -0.3 is 14.8 Å². The number of carbonyl (C=O) groups excluding carboxylic acids is 1. The Bertz CT molecular complexity index is 667. The summed E-state index contributed by atoms with van der Waals surface area (Å²) < 4.78 is 10.9. The highest BCUT2D eigenvalue weighted by Gasteiger charge is 2.17. The van der Waals surface area contributed by atoms with Crippen LogP contribution in [0.3, 0.4) is 0 Å². The Balaban J connectivity index is 2.08. The molecule has 0 aromatic heterocycles. The average molecular weight is 299 g/mol. The van der Waals surface area contributed by atoms with Gasteiger partial charge in [0.2, 0.25) is 0 Å². The molecule has 0 fully saturated rings. The van der Waals surface area contributed by atoms with Crippen molar-refractivity contribution in [2.45, 2.75) is 26.9 Å². The van der Waals surface area contributed by atoms with Crippen LogP contribution in [0.2, 0.25) is 0 Å². The van der Waals surface area contributed by atoms with Gasteiger partial charge in [0, 0.05) is 5.69 Å². The third-order valence-electron chi connectivity index (χ3n) is 3.60. The van der Waals surface area contributed by atoms with Crippen molar-refractivity contribution in [2.75, 3.05) is 12.4 Å². The maximum Gasteiger partial charge on any atom is 0.265 e. The summed E-state index contributed by atoms with van der Waals surface area (Å²) >= 11 is 0. The predicted octanol–water partition coefficient (Wildman–Crippen LogP) is 3.72. The second kappa shape index (κ2) is 6.98. The number of anilines is 1. The number of aryl methyl sites for hydroxylation is 1. The summed E-state index contributed by atoms with van der Waals surface area (Å²) in [6, 6.07) is 13.1. The zero-order valence-corrected chi connectivity index (χ0v) is 13.3. The first-order valence-corrected chi connectivity index (χ1v) is 7.19. The average Bonchev–Trinajstić information content (AvgIpc) is 2.52. The number of benzene rings is 2. The quantitative estimate of drug-likeness (QED) is 0.915. The van der Waals surface area contributed by atoms with E-state index >= 15 is 0 Å². The third kappa shape index (κ3) is 3.58. The van der Waals surface area contributed by atoms with Crippen LogP contribution in [0.5, 0.6) is 11.5 Å². The van der Waals surface area contributed by atoms with Crippen LogP contribution in [-0.2, 0) is 4.79 Å². The highest BCUT2D eigenvalue weighted by atomic mass is 16.5. The summed E-state index contributed by atoms with van der Waals surface area (Å²) in [5, 5.41) is 2.90. The van der Waals surface area contributed by atoms with Crippen molar-refractivity contribution in [2.24, 2.45) is 0 Å². The molecule has 1 N–H and O–H groups in total. The molecule has 4 heteroatoms. The molecule has 116 valence electrons. The molecule has 0 saturated heterocycles. The van der Waals surface area contributed by atoms with Crippen molar-refractivity contribution < 1.29 is 14.3 Å². The number of para-hydroxylation sites is 2. The number of hydrogen-bond donors (Lipinski definition) is 1. The maximum absolute atomic E-state index is 12.3. The summed E-state index contributed by atoms with van der Waals surface area (Å²) in [5.41, 5.74) is 3.00. The van der Waals surface area contributed by atoms with Gasteiger partial charge in [0.05, 0.1) is 7.11 Å². The van der Waals surface area contributed by atoms with Crippen LogP contribution in [0.25, 0.3) is 0 Å². The van der Waals surface area contributed by atoms with Gasteiger partial charge in [0.1, 0.15) is 0 Å². The van der Waals surface area contributed by atoms with Gasteiger partial charge in [0.25, 0.3) is 5.91 Å². The van der Waals surface area contributed by atoms with Crippen molar-refractivity contribution in [3.05, 3.63) is 53.6 Å². The molecule has 2 aromatic rings. The van der Waals surface area contributed by atoms with Crippen molar-refractivity contribution in [3.63, 3.8) is 0 Å².